The van der Waals surface area contributed by atoms with Gasteiger partial charge in [-0.1, -0.05) is 42.5 Å². The zero-order chi connectivity index (χ0) is 35.9. The Hall–Kier alpha value is -6.25. The van der Waals surface area contributed by atoms with Crippen LogP contribution in [0.4, 0.5) is 0 Å². The van der Waals surface area contributed by atoms with Crippen molar-refractivity contribution in [3.8, 4) is 11.5 Å². The maximum absolute atomic E-state index is 13.8. The standard InChI is InChI=1S/C34H38N6O9/c35-29(44)15-10-23(19-41)37-32(47)28(18-30(36)45)40-34(49)27(17-21-8-13-25(43)14-9-21)39-33(48)26(16-20-6-11-24(42)12-7-20)38-31(46)22-4-2-1-3-5-22/h1-9,11-14,19,23,26-28,42-43H,10,15-18H2,(H2,35,44)(H2,36,45)(H,37,47)(H,38,46)(H,39,48)(H,40,49). The first-order valence-electron chi connectivity index (χ1n) is 15.2. The van der Waals surface area contributed by atoms with Gasteiger partial charge in [-0.05, 0) is 53.9 Å². The molecule has 6 amide bonds. The number of primary amides is 2. The topological polar surface area (TPSA) is 260 Å². The summed E-state index contributed by atoms with van der Waals surface area (Å²) < 4.78 is 0. The molecule has 15 heteroatoms. The van der Waals surface area contributed by atoms with Gasteiger partial charge in [-0.15, -0.1) is 0 Å². The van der Waals surface area contributed by atoms with Crippen molar-refractivity contribution in [1.29, 1.82) is 0 Å². The van der Waals surface area contributed by atoms with Gasteiger partial charge in [-0.25, -0.2) is 0 Å². The molecule has 0 heterocycles. The predicted molar refractivity (Wildman–Crippen MR) is 175 cm³/mol. The van der Waals surface area contributed by atoms with Crippen LogP contribution >= 0.6 is 0 Å². The van der Waals surface area contributed by atoms with E-state index in [-0.39, 0.29) is 42.7 Å². The zero-order valence-corrected chi connectivity index (χ0v) is 26.3. The molecule has 0 fully saturated rings. The number of benzene rings is 3. The van der Waals surface area contributed by atoms with Gasteiger partial charge < -0.3 is 47.7 Å². The van der Waals surface area contributed by atoms with Crippen molar-refractivity contribution in [2.45, 2.75) is 56.3 Å². The number of aromatic hydroxyl groups is 2. The smallest absolute Gasteiger partial charge is 0.251 e. The van der Waals surface area contributed by atoms with Crippen molar-refractivity contribution >= 4 is 41.7 Å². The van der Waals surface area contributed by atoms with Crippen molar-refractivity contribution < 1.29 is 43.8 Å². The van der Waals surface area contributed by atoms with Crippen LogP contribution in [0.25, 0.3) is 0 Å². The lowest BCUT2D eigenvalue weighted by Crippen LogP contribution is -2.58. The first-order chi connectivity index (χ1) is 23.3. The summed E-state index contributed by atoms with van der Waals surface area (Å²) in [6, 6.07) is 14.5. The van der Waals surface area contributed by atoms with Gasteiger partial charge >= 0.3 is 0 Å². The van der Waals surface area contributed by atoms with Crippen molar-refractivity contribution in [3.63, 3.8) is 0 Å². The first-order valence-corrected chi connectivity index (χ1v) is 15.2. The number of hydrogen-bond donors (Lipinski definition) is 8. The average Bonchev–Trinajstić information content (AvgIpc) is 3.07. The molecule has 10 N–H and O–H groups in total. The molecule has 3 rings (SSSR count). The molecule has 0 aliphatic carbocycles. The molecule has 258 valence electrons. The molecule has 4 atom stereocenters. The van der Waals surface area contributed by atoms with E-state index in [2.05, 4.69) is 21.3 Å². The number of phenolic OH excluding ortho intramolecular Hbond substituents is 2. The van der Waals surface area contributed by atoms with Gasteiger partial charge in [0, 0.05) is 24.8 Å². The van der Waals surface area contributed by atoms with Crippen molar-refractivity contribution in [3.05, 3.63) is 95.6 Å². The van der Waals surface area contributed by atoms with Crippen LogP contribution in [0.15, 0.2) is 78.9 Å². The quantitative estimate of drug-likeness (QED) is 0.0806. The van der Waals surface area contributed by atoms with Crippen molar-refractivity contribution in [2.75, 3.05) is 0 Å². The number of rotatable bonds is 18. The number of nitrogens with one attached hydrogen (secondary N) is 4. The predicted octanol–water partition coefficient (Wildman–Crippen LogP) is -0.524. The molecule has 0 saturated heterocycles. The number of phenols is 2. The summed E-state index contributed by atoms with van der Waals surface area (Å²) in [5.41, 5.74) is 11.8. The highest BCUT2D eigenvalue weighted by Gasteiger charge is 2.31. The van der Waals surface area contributed by atoms with Crippen LogP contribution in [-0.4, -0.2) is 76.1 Å². The van der Waals surface area contributed by atoms with E-state index in [1.165, 1.54) is 36.4 Å². The maximum atomic E-state index is 13.8. The summed E-state index contributed by atoms with van der Waals surface area (Å²) in [5.74, 6) is -4.95. The Bertz CT molecular complexity index is 1630. The lowest BCUT2D eigenvalue weighted by atomic mass is 10.0. The van der Waals surface area contributed by atoms with Crippen LogP contribution in [0.1, 0.15) is 40.7 Å². The summed E-state index contributed by atoms with van der Waals surface area (Å²) in [6.45, 7) is 0. The fourth-order valence-electron chi connectivity index (χ4n) is 4.70. The van der Waals surface area contributed by atoms with Crippen LogP contribution in [0, 0.1) is 0 Å². The second-order valence-corrected chi connectivity index (χ2v) is 11.2. The lowest BCUT2D eigenvalue weighted by Gasteiger charge is -2.26. The summed E-state index contributed by atoms with van der Waals surface area (Å²) in [6.07, 6.45) is -0.840. The molecule has 0 saturated carbocycles. The minimum atomic E-state index is -1.58. The molecule has 0 radical (unpaired) electrons. The fourth-order valence-corrected chi connectivity index (χ4v) is 4.70. The maximum Gasteiger partial charge on any atom is 0.251 e. The van der Waals surface area contributed by atoms with E-state index in [1.807, 2.05) is 0 Å². The Balaban J connectivity index is 1.89. The molecule has 0 aliphatic heterocycles. The zero-order valence-electron chi connectivity index (χ0n) is 26.3. The van der Waals surface area contributed by atoms with Gasteiger partial charge in [0.05, 0.1) is 12.5 Å². The number of nitrogens with two attached hydrogens (primary N) is 2. The Morgan fingerprint density at radius 3 is 1.55 bits per heavy atom. The van der Waals surface area contributed by atoms with Gasteiger partial charge in [0.2, 0.25) is 29.5 Å². The van der Waals surface area contributed by atoms with Crippen LogP contribution in [-0.2, 0) is 41.6 Å². The van der Waals surface area contributed by atoms with E-state index >= 15 is 0 Å². The molecule has 3 aromatic rings. The third kappa shape index (κ3) is 12.5. The van der Waals surface area contributed by atoms with E-state index in [0.29, 0.717) is 17.4 Å². The monoisotopic (exact) mass is 674 g/mol. The highest BCUT2D eigenvalue weighted by Crippen LogP contribution is 2.14. The molecular weight excluding hydrogens is 636 g/mol. The lowest BCUT2D eigenvalue weighted by molar-refractivity contribution is -0.134. The van der Waals surface area contributed by atoms with Crippen LogP contribution in [0.5, 0.6) is 11.5 Å². The number of aldehydes is 1. The largest absolute Gasteiger partial charge is 0.508 e. The summed E-state index contributed by atoms with van der Waals surface area (Å²) >= 11 is 0. The summed E-state index contributed by atoms with van der Waals surface area (Å²) in [5, 5.41) is 29.5. The highest BCUT2D eigenvalue weighted by atomic mass is 16.3. The molecule has 0 aliphatic rings. The number of carbonyl (C=O) groups is 7. The van der Waals surface area contributed by atoms with Crippen LogP contribution in [0.2, 0.25) is 0 Å². The summed E-state index contributed by atoms with van der Waals surface area (Å²) in [7, 11) is 0. The molecule has 15 nitrogen and oxygen atoms in total. The van der Waals surface area contributed by atoms with Gasteiger partial charge in [0.1, 0.15) is 35.9 Å². The molecule has 0 bridgehead atoms. The second kappa shape index (κ2) is 18.2. The minimum absolute atomic E-state index is 0.00871. The minimum Gasteiger partial charge on any atom is -0.508 e. The Morgan fingerprint density at radius 1 is 0.612 bits per heavy atom. The molecular formula is C34H38N6O9. The fraction of sp³-hybridized carbons (Fsp3) is 0.265. The van der Waals surface area contributed by atoms with E-state index < -0.39 is 66.0 Å². The van der Waals surface area contributed by atoms with E-state index in [1.54, 1.807) is 42.5 Å². The Kier molecular flexibility index (Phi) is 13.8. The molecule has 4 unspecified atom stereocenters. The Morgan fingerprint density at radius 2 is 1.08 bits per heavy atom. The number of amides is 6. The highest BCUT2D eigenvalue weighted by molar-refractivity contribution is 5.99. The second-order valence-electron chi connectivity index (χ2n) is 11.2. The molecule has 3 aromatic carbocycles. The van der Waals surface area contributed by atoms with E-state index in [0.717, 1.165) is 0 Å². The SMILES string of the molecule is NC(=O)CCC(C=O)NC(=O)C(CC(N)=O)NC(=O)C(Cc1ccc(O)cc1)NC(=O)C(Cc1ccc(O)cc1)NC(=O)c1ccccc1. The molecule has 0 spiro atoms. The first kappa shape index (κ1) is 37.2. The molecule has 49 heavy (non-hydrogen) atoms. The van der Waals surface area contributed by atoms with Gasteiger partial charge in [0.15, 0.2) is 0 Å². The molecule has 0 aromatic heterocycles. The summed E-state index contributed by atoms with van der Waals surface area (Å²) in [4.78, 5) is 88.2. The van der Waals surface area contributed by atoms with Gasteiger partial charge in [-0.2, -0.15) is 0 Å². The van der Waals surface area contributed by atoms with Gasteiger partial charge in [-0.3, -0.25) is 28.8 Å². The van der Waals surface area contributed by atoms with E-state index in [4.69, 9.17) is 11.5 Å². The van der Waals surface area contributed by atoms with E-state index in [9.17, 15) is 43.8 Å². The third-order valence-electron chi connectivity index (χ3n) is 7.28. The van der Waals surface area contributed by atoms with Crippen molar-refractivity contribution in [1.82, 2.24) is 21.3 Å². The number of hydrogen-bond acceptors (Lipinski definition) is 9. The number of carbonyl (C=O) groups excluding carboxylic acids is 7. The average molecular weight is 675 g/mol. The van der Waals surface area contributed by atoms with Crippen LogP contribution in [0.3, 0.4) is 0 Å². The normalized spacial score (nSPS) is 13.1. The van der Waals surface area contributed by atoms with Gasteiger partial charge in [0.25, 0.3) is 5.91 Å². The van der Waals surface area contributed by atoms with Crippen molar-refractivity contribution in [2.24, 2.45) is 11.5 Å². The van der Waals surface area contributed by atoms with Crippen LogP contribution < -0.4 is 32.7 Å². The Labute approximate surface area is 281 Å². The third-order valence-corrected chi connectivity index (χ3v) is 7.28.